The Morgan fingerprint density at radius 2 is 1.89 bits per heavy atom. The summed E-state index contributed by atoms with van der Waals surface area (Å²) in [6.07, 6.45) is 1.88. The highest BCUT2D eigenvalue weighted by molar-refractivity contribution is 6.01. The molecule has 2 heterocycles. The van der Waals surface area contributed by atoms with Crippen LogP contribution < -0.4 is 20.7 Å². The van der Waals surface area contributed by atoms with E-state index < -0.39 is 35.8 Å². The summed E-state index contributed by atoms with van der Waals surface area (Å²) in [6.45, 7) is 6.47. The Morgan fingerprint density at radius 1 is 1.14 bits per heavy atom. The smallest absolute Gasteiger partial charge is 0.328 e. The Balaban J connectivity index is 1.79. The van der Waals surface area contributed by atoms with Gasteiger partial charge in [-0.25, -0.2) is 4.79 Å². The van der Waals surface area contributed by atoms with Gasteiger partial charge >= 0.3 is 5.97 Å². The molecule has 0 saturated carbocycles. The molecule has 36 heavy (non-hydrogen) atoms. The summed E-state index contributed by atoms with van der Waals surface area (Å²) < 4.78 is 10.3. The van der Waals surface area contributed by atoms with E-state index in [1.165, 1.54) is 7.11 Å². The minimum Gasteiger partial charge on any atom is -0.496 e. The van der Waals surface area contributed by atoms with Gasteiger partial charge in [-0.15, -0.1) is 0 Å². The minimum absolute atomic E-state index is 0.127. The van der Waals surface area contributed by atoms with E-state index in [1.807, 2.05) is 32.9 Å². The molecule has 3 rings (SSSR count). The monoisotopic (exact) mass is 500 g/mol. The first-order chi connectivity index (χ1) is 17.0. The molecule has 4 N–H and O–H groups in total. The molecule has 0 bridgehead atoms. The average molecular weight is 501 g/mol. The molecule has 1 aromatic carbocycles. The van der Waals surface area contributed by atoms with Crippen LogP contribution in [0.2, 0.25) is 0 Å². The molecule has 10 heteroatoms. The summed E-state index contributed by atoms with van der Waals surface area (Å²) in [6, 6.07) is 5.19. The summed E-state index contributed by atoms with van der Waals surface area (Å²) in [5.74, 6) is -1.53. The number of fused-ring (bicyclic) bond motifs is 1. The molecule has 1 fully saturated rings. The second-order valence-electron chi connectivity index (χ2n) is 10.3. The van der Waals surface area contributed by atoms with Crippen molar-refractivity contribution in [3.05, 3.63) is 30.0 Å². The van der Waals surface area contributed by atoms with Gasteiger partial charge in [0.25, 0.3) is 5.91 Å². The standard InChI is InChI=1S/C26H36N4O6/c1-26(2,3)14-20(30-23(32)18-13-16-17(28-18)9-6-10-21(16)35-4)24(33)29-19(25(34)36-5)12-15-8-7-11-27-22(15)31/h6,9-10,13,15,19-20,28H,7-8,11-12,14H2,1-5H3,(H,27,31)(H,29,33)(H,30,32)/t15-,19-,20-/m0/s1. The number of nitrogens with one attached hydrogen (secondary N) is 4. The zero-order valence-electron chi connectivity index (χ0n) is 21.5. The summed E-state index contributed by atoms with van der Waals surface area (Å²) >= 11 is 0. The number of ether oxygens (including phenoxy) is 2. The number of amides is 3. The molecule has 3 amide bonds. The van der Waals surface area contributed by atoms with Crippen LogP contribution in [0.5, 0.6) is 5.75 Å². The third kappa shape index (κ3) is 6.77. The van der Waals surface area contributed by atoms with E-state index in [1.54, 1.807) is 19.2 Å². The fourth-order valence-corrected chi connectivity index (χ4v) is 4.46. The molecule has 0 unspecified atom stereocenters. The van der Waals surface area contributed by atoms with Crippen LogP contribution in [0.1, 0.15) is 56.9 Å². The van der Waals surface area contributed by atoms with Crippen molar-refractivity contribution in [1.82, 2.24) is 20.9 Å². The lowest BCUT2D eigenvalue weighted by Gasteiger charge is -2.29. The van der Waals surface area contributed by atoms with Crippen LogP contribution in [-0.4, -0.2) is 61.5 Å². The second kappa shape index (κ2) is 11.5. The third-order valence-corrected chi connectivity index (χ3v) is 6.25. The van der Waals surface area contributed by atoms with Crippen molar-refractivity contribution in [2.45, 2.75) is 58.5 Å². The number of H-pyrrole nitrogens is 1. The molecular weight excluding hydrogens is 464 g/mol. The van der Waals surface area contributed by atoms with Crippen molar-refractivity contribution in [2.24, 2.45) is 11.3 Å². The highest BCUT2D eigenvalue weighted by Gasteiger charge is 2.34. The molecule has 1 saturated heterocycles. The van der Waals surface area contributed by atoms with E-state index in [2.05, 4.69) is 20.9 Å². The lowest BCUT2D eigenvalue weighted by Crippen LogP contribution is -2.54. The number of carbonyl (C=O) groups excluding carboxylic acids is 4. The number of carbonyl (C=O) groups is 4. The molecule has 0 spiro atoms. The first-order valence-corrected chi connectivity index (χ1v) is 12.1. The van der Waals surface area contributed by atoms with Gasteiger partial charge in [0, 0.05) is 23.4 Å². The van der Waals surface area contributed by atoms with Gasteiger partial charge in [0.1, 0.15) is 23.5 Å². The molecule has 3 atom stereocenters. The van der Waals surface area contributed by atoms with E-state index >= 15 is 0 Å². The first kappa shape index (κ1) is 27.0. The van der Waals surface area contributed by atoms with Crippen molar-refractivity contribution in [3.63, 3.8) is 0 Å². The van der Waals surface area contributed by atoms with Gasteiger partial charge in [-0.3, -0.25) is 14.4 Å². The Kier molecular flexibility index (Phi) is 8.60. The average Bonchev–Trinajstić information content (AvgIpc) is 3.28. The fraction of sp³-hybridized carbons (Fsp3) is 0.538. The Hall–Kier alpha value is -3.56. The summed E-state index contributed by atoms with van der Waals surface area (Å²) in [7, 11) is 2.79. The Bertz CT molecular complexity index is 1120. The van der Waals surface area contributed by atoms with E-state index in [-0.39, 0.29) is 23.4 Å². The van der Waals surface area contributed by atoms with Crippen LogP contribution in [-0.2, 0) is 19.1 Å². The molecular formula is C26H36N4O6. The maximum absolute atomic E-state index is 13.3. The number of piperidine rings is 1. The zero-order valence-corrected chi connectivity index (χ0v) is 21.5. The summed E-state index contributed by atoms with van der Waals surface area (Å²) in [5.41, 5.74) is 0.709. The highest BCUT2D eigenvalue weighted by Crippen LogP contribution is 2.27. The van der Waals surface area contributed by atoms with Crippen molar-refractivity contribution < 1.29 is 28.7 Å². The van der Waals surface area contributed by atoms with Gasteiger partial charge < -0.3 is 30.4 Å². The van der Waals surface area contributed by atoms with E-state index in [4.69, 9.17) is 9.47 Å². The van der Waals surface area contributed by atoms with Crippen LogP contribution in [0.4, 0.5) is 0 Å². The quantitative estimate of drug-likeness (QED) is 0.390. The van der Waals surface area contributed by atoms with Gasteiger partial charge in [-0.1, -0.05) is 26.8 Å². The maximum Gasteiger partial charge on any atom is 0.328 e. The van der Waals surface area contributed by atoms with Crippen molar-refractivity contribution in [1.29, 1.82) is 0 Å². The largest absolute Gasteiger partial charge is 0.496 e. The number of hydrogen-bond acceptors (Lipinski definition) is 6. The molecule has 1 aliphatic rings. The van der Waals surface area contributed by atoms with Crippen molar-refractivity contribution in [2.75, 3.05) is 20.8 Å². The van der Waals surface area contributed by atoms with Crippen molar-refractivity contribution >= 4 is 34.6 Å². The predicted octanol–water partition coefficient (Wildman–Crippen LogP) is 2.29. The van der Waals surface area contributed by atoms with Crippen LogP contribution in [0.25, 0.3) is 10.9 Å². The van der Waals surface area contributed by atoms with Gasteiger partial charge in [0.2, 0.25) is 11.8 Å². The molecule has 0 radical (unpaired) electrons. The first-order valence-electron chi connectivity index (χ1n) is 12.1. The van der Waals surface area contributed by atoms with Crippen molar-refractivity contribution in [3.8, 4) is 5.75 Å². The molecule has 0 aliphatic carbocycles. The van der Waals surface area contributed by atoms with Gasteiger partial charge in [0.15, 0.2) is 0 Å². The minimum atomic E-state index is -1.01. The number of esters is 1. The molecule has 2 aromatic rings. The number of hydrogen-bond donors (Lipinski definition) is 4. The lowest BCUT2D eigenvalue weighted by molar-refractivity contribution is -0.146. The third-order valence-electron chi connectivity index (χ3n) is 6.25. The Morgan fingerprint density at radius 3 is 2.53 bits per heavy atom. The molecule has 196 valence electrons. The fourth-order valence-electron chi connectivity index (χ4n) is 4.46. The van der Waals surface area contributed by atoms with Gasteiger partial charge in [-0.2, -0.15) is 0 Å². The van der Waals surface area contributed by atoms with E-state index in [0.717, 1.165) is 17.3 Å². The van der Waals surface area contributed by atoms with Crippen LogP contribution in [0.3, 0.4) is 0 Å². The number of benzene rings is 1. The normalized spacial score (nSPS) is 17.6. The van der Waals surface area contributed by atoms with Crippen LogP contribution in [0, 0.1) is 11.3 Å². The van der Waals surface area contributed by atoms with Crippen LogP contribution in [0.15, 0.2) is 24.3 Å². The molecule has 10 nitrogen and oxygen atoms in total. The molecule has 1 aromatic heterocycles. The topological polar surface area (TPSA) is 139 Å². The highest BCUT2D eigenvalue weighted by atomic mass is 16.5. The summed E-state index contributed by atoms with van der Waals surface area (Å²) in [5, 5.41) is 9.07. The number of aromatic amines is 1. The number of aromatic nitrogens is 1. The SMILES string of the molecule is COC(=O)[C@H](C[C@@H]1CCCNC1=O)NC(=O)[C@H](CC(C)(C)C)NC(=O)c1cc2c(OC)cccc2[nH]1. The number of methoxy groups -OCH3 is 2. The zero-order chi connectivity index (χ0) is 26.5. The summed E-state index contributed by atoms with van der Waals surface area (Å²) in [4.78, 5) is 54.2. The molecule has 1 aliphatic heterocycles. The lowest BCUT2D eigenvalue weighted by atomic mass is 9.87. The van der Waals surface area contributed by atoms with E-state index in [9.17, 15) is 19.2 Å². The van der Waals surface area contributed by atoms with E-state index in [0.29, 0.717) is 25.1 Å². The van der Waals surface area contributed by atoms with Crippen LogP contribution >= 0.6 is 0 Å². The maximum atomic E-state index is 13.3. The number of rotatable bonds is 9. The predicted molar refractivity (Wildman–Crippen MR) is 134 cm³/mol. The second-order valence-corrected chi connectivity index (χ2v) is 10.3. The van der Waals surface area contributed by atoms with Gasteiger partial charge in [0.05, 0.1) is 14.2 Å². The Labute approximate surface area is 210 Å². The van der Waals surface area contributed by atoms with Gasteiger partial charge in [-0.05, 0) is 49.3 Å².